The van der Waals surface area contributed by atoms with Crippen molar-refractivity contribution in [1.29, 1.82) is 0 Å². The maximum Gasteiger partial charge on any atom is 0.233 e. The second-order valence-electron chi connectivity index (χ2n) is 7.07. The molecule has 3 rings (SSSR count). The lowest BCUT2D eigenvalue weighted by Crippen LogP contribution is -2.32. The molecule has 144 valence electrons. The fourth-order valence-corrected chi connectivity index (χ4v) is 4.01. The molecule has 2 aromatic rings. The Morgan fingerprint density at radius 2 is 2.19 bits per heavy atom. The van der Waals surface area contributed by atoms with Crippen LogP contribution in [0.5, 0.6) is 0 Å². The molecule has 0 bridgehead atoms. The van der Waals surface area contributed by atoms with E-state index in [-0.39, 0.29) is 11.2 Å². The van der Waals surface area contributed by atoms with Crippen molar-refractivity contribution in [2.24, 2.45) is 0 Å². The van der Waals surface area contributed by atoms with Crippen LogP contribution in [0, 0.1) is 13.8 Å². The SMILES string of the molecule is Cc1ccc(C)c(-n2nnnc2SC(C)C(=O)NCCC2=CCCCC2)c1. The van der Waals surface area contributed by atoms with Crippen molar-refractivity contribution in [1.82, 2.24) is 25.5 Å². The highest BCUT2D eigenvalue weighted by atomic mass is 32.2. The van der Waals surface area contributed by atoms with E-state index in [1.807, 2.05) is 20.8 Å². The number of amides is 1. The molecule has 1 aromatic heterocycles. The fraction of sp³-hybridized carbons (Fsp3) is 0.500. The molecule has 0 saturated heterocycles. The number of carbonyl (C=O) groups excluding carboxylic acids is 1. The van der Waals surface area contributed by atoms with E-state index in [2.05, 4.69) is 45.1 Å². The van der Waals surface area contributed by atoms with Crippen LogP contribution in [0.3, 0.4) is 0 Å². The Morgan fingerprint density at radius 3 is 2.96 bits per heavy atom. The molecule has 1 heterocycles. The molecule has 1 aliphatic carbocycles. The summed E-state index contributed by atoms with van der Waals surface area (Å²) in [5.74, 6) is 0.0203. The molecular formula is C20H27N5OS. The first-order chi connectivity index (χ1) is 13.0. The number of thioether (sulfide) groups is 1. The minimum Gasteiger partial charge on any atom is -0.355 e. The van der Waals surface area contributed by atoms with Gasteiger partial charge in [0.1, 0.15) is 0 Å². The van der Waals surface area contributed by atoms with Crippen LogP contribution in [0.2, 0.25) is 0 Å². The first-order valence-corrected chi connectivity index (χ1v) is 10.4. The Kier molecular flexibility index (Phi) is 6.66. The fourth-order valence-electron chi connectivity index (χ4n) is 3.18. The monoisotopic (exact) mass is 385 g/mol. The summed E-state index contributed by atoms with van der Waals surface area (Å²) in [5, 5.41) is 15.4. The quantitative estimate of drug-likeness (QED) is 0.580. The first kappa shape index (κ1) is 19.6. The van der Waals surface area contributed by atoms with Gasteiger partial charge in [-0.3, -0.25) is 4.79 Å². The van der Waals surface area contributed by atoms with Gasteiger partial charge in [0, 0.05) is 6.54 Å². The van der Waals surface area contributed by atoms with E-state index in [1.54, 1.807) is 4.68 Å². The molecule has 0 saturated carbocycles. The summed E-state index contributed by atoms with van der Waals surface area (Å²) >= 11 is 1.38. The predicted octanol–water partition coefficient (Wildman–Crippen LogP) is 3.77. The number of allylic oxidation sites excluding steroid dienone is 1. The van der Waals surface area contributed by atoms with Crippen molar-refractivity contribution in [3.8, 4) is 5.69 Å². The van der Waals surface area contributed by atoms with Crippen LogP contribution in [-0.4, -0.2) is 37.9 Å². The third-order valence-corrected chi connectivity index (χ3v) is 5.85. The minimum absolute atomic E-state index is 0.0203. The number of carbonyl (C=O) groups is 1. The lowest BCUT2D eigenvalue weighted by molar-refractivity contribution is -0.120. The van der Waals surface area contributed by atoms with Gasteiger partial charge in [0.15, 0.2) is 0 Å². The zero-order valence-corrected chi connectivity index (χ0v) is 17.1. The molecule has 6 nitrogen and oxygen atoms in total. The molecule has 1 N–H and O–H groups in total. The molecule has 0 aliphatic heterocycles. The van der Waals surface area contributed by atoms with Crippen LogP contribution in [-0.2, 0) is 4.79 Å². The Balaban J connectivity index is 1.58. The lowest BCUT2D eigenvalue weighted by Gasteiger charge is -2.15. The first-order valence-electron chi connectivity index (χ1n) is 9.53. The Bertz CT molecular complexity index is 830. The number of nitrogens with zero attached hydrogens (tertiary/aromatic N) is 4. The second-order valence-corrected chi connectivity index (χ2v) is 8.38. The van der Waals surface area contributed by atoms with Gasteiger partial charge in [-0.2, -0.15) is 4.68 Å². The summed E-state index contributed by atoms with van der Waals surface area (Å²) in [6, 6.07) is 6.17. The van der Waals surface area contributed by atoms with Crippen LogP contribution in [0.25, 0.3) is 5.69 Å². The van der Waals surface area contributed by atoms with Crippen LogP contribution >= 0.6 is 11.8 Å². The molecule has 1 unspecified atom stereocenters. The van der Waals surface area contributed by atoms with Crippen molar-refractivity contribution in [3.05, 3.63) is 41.0 Å². The standard InChI is InChI=1S/C20H27N5OS/c1-14-9-10-15(2)18(13-14)25-20(22-23-24-25)27-16(3)19(26)21-12-11-17-7-5-4-6-8-17/h7,9-10,13,16H,4-6,8,11-12H2,1-3H3,(H,21,26). The minimum atomic E-state index is -0.264. The van der Waals surface area contributed by atoms with E-state index >= 15 is 0 Å². The van der Waals surface area contributed by atoms with Gasteiger partial charge in [-0.1, -0.05) is 35.5 Å². The van der Waals surface area contributed by atoms with Crippen LogP contribution in [0.4, 0.5) is 0 Å². The van der Waals surface area contributed by atoms with Crippen LogP contribution < -0.4 is 5.32 Å². The smallest absolute Gasteiger partial charge is 0.233 e. The van der Waals surface area contributed by atoms with Gasteiger partial charge in [-0.05, 0) is 80.5 Å². The molecule has 1 amide bonds. The van der Waals surface area contributed by atoms with Crippen LogP contribution in [0.1, 0.15) is 50.2 Å². The summed E-state index contributed by atoms with van der Waals surface area (Å²) in [4.78, 5) is 12.5. The van der Waals surface area contributed by atoms with Gasteiger partial charge >= 0.3 is 0 Å². The normalized spacial score (nSPS) is 15.3. The topological polar surface area (TPSA) is 72.7 Å². The molecule has 1 atom stereocenters. The molecule has 1 aromatic carbocycles. The number of aromatic nitrogens is 4. The Hall–Kier alpha value is -2.15. The highest BCUT2D eigenvalue weighted by molar-refractivity contribution is 8.00. The molecule has 0 radical (unpaired) electrons. The number of nitrogens with one attached hydrogen (secondary N) is 1. The molecule has 0 spiro atoms. The average Bonchev–Trinajstić information content (AvgIpc) is 3.12. The highest BCUT2D eigenvalue weighted by Gasteiger charge is 2.19. The summed E-state index contributed by atoms with van der Waals surface area (Å²) in [7, 11) is 0. The summed E-state index contributed by atoms with van der Waals surface area (Å²) < 4.78 is 1.71. The number of hydrogen-bond donors (Lipinski definition) is 1. The largest absolute Gasteiger partial charge is 0.355 e. The molecule has 27 heavy (non-hydrogen) atoms. The third-order valence-electron chi connectivity index (χ3n) is 4.82. The number of hydrogen-bond acceptors (Lipinski definition) is 5. The number of rotatable bonds is 7. The van der Waals surface area contributed by atoms with Crippen molar-refractivity contribution in [3.63, 3.8) is 0 Å². The van der Waals surface area contributed by atoms with E-state index in [1.165, 1.54) is 43.0 Å². The molecule has 0 fully saturated rings. The lowest BCUT2D eigenvalue weighted by atomic mass is 9.97. The maximum absolute atomic E-state index is 12.5. The predicted molar refractivity (Wildman–Crippen MR) is 108 cm³/mol. The zero-order valence-electron chi connectivity index (χ0n) is 16.2. The van der Waals surface area contributed by atoms with Crippen LogP contribution in [0.15, 0.2) is 35.0 Å². The zero-order chi connectivity index (χ0) is 19.2. The Morgan fingerprint density at radius 1 is 1.33 bits per heavy atom. The van der Waals surface area contributed by atoms with Crippen molar-refractivity contribution in [2.75, 3.05) is 6.54 Å². The van der Waals surface area contributed by atoms with Crippen molar-refractivity contribution < 1.29 is 4.79 Å². The summed E-state index contributed by atoms with van der Waals surface area (Å²) in [6.07, 6.45) is 8.18. The third kappa shape index (κ3) is 5.19. The van der Waals surface area contributed by atoms with Gasteiger partial charge in [0.25, 0.3) is 0 Å². The highest BCUT2D eigenvalue weighted by Crippen LogP contribution is 2.25. The number of benzene rings is 1. The molecule has 7 heteroatoms. The maximum atomic E-state index is 12.5. The van der Waals surface area contributed by atoms with Gasteiger partial charge in [-0.25, -0.2) is 0 Å². The average molecular weight is 386 g/mol. The van der Waals surface area contributed by atoms with Gasteiger partial charge in [0.05, 0.1) is 10.9 Å². The molecule has 1 aliphatic rings. The Labute approximate surface area is 164 Å². The number of tetrazole rings is 1. The molecular weight excluding hydrogens is 358 g/mol. The second kappa shape index (κ2) is 9.17. The van der Waals surface area contributed by atoms with Crippen molar-refractivity contribution >= 4 is 17.7 Å². The van der Waals surface area contributed by atoms with Gasteiger partial charge < -0.3 is 5.32 Å². The van der Waals surface area contributed by atoms with Crippen molar-refractivity contribution in [2.45, 2.75) is 63.3 Å². The van der Waals surface area contributed by atoms with E-state index in [9.17, 15) is 4.79 Å². The van der Waals surface area contributed by atoms with E-state index in [0.29, 0.717) is 11.7 Å². The number of aryl methyl sites for hydroxylation is 2. The van der Waals surface area contributed by atoms with Gasteiger partial charge in [-0.15, -0.1) is 5.10 Å². The summed E-state index contributed by atoms with van der Waals surface area (Å²) in [6.45, 7) is 6.65. The van der Waals surface area contributed by atoms with E-state index in [4.69, 9.17) is 0 Å². The van der Waals surface area contributed by atoms with E-state index < -0.39 is 0 Å². The van der Waals surface area contributed by atoms with E-state index in [0.717, 1.165) is 23.2 Å². The summed E-state index contributed by atoms with van der Waals surface area (Å²) in [5.41, 5.74) is 4.65. The van der Waals surface area contributed by atoms with Gasteiger partial charge in [0.2, 0.25) is 11.1 Å².